The fourth-order valence-electron chi connectivity index (χ4n) is 2.28. The predicted octanol–water partition coefficient (Wildman–Crippen LogP) is 2.09. The van der Waals surface area contributed by atoms with Crippen molar-refractivity contribution in [2.24, 2.45) is 17.6 Å². The van der Waals surface area contributed by atoms with E-state index in [1.54, 1.807) is 0 Å². The highest BCUT2D eigenvalue weighted by Gasteiger charge is 2.24. The predicted molar refractivity (Wildman–Crippen MR) is 62.3 cm³/mol. The summed E-state index contributed by atoms with van der Waals surface area (Å²) in [6.45, 7) is 10.6. The first-order chi connectivity index (χ1) is 6.63. The third-order valence-corrected chi connectivity index (χ3v) is 3.37. The zero-order valence-corrected chi connectivity index (χ0v) is 10.00. The van der Waals surface area contributed by atoms with Gasteiger partial charge in [-0.05, 0) is 44.2 Å². The molecule has 0 aliphatic carbocycles. The molecule has 0 saturated carbocycles. The number of nitrogens with zero attached hydrogens (tertiary/aromatic N) is 1. The Kier molecular flexibility index (Phi) is 4.90. The fourth-order valence-corrected chi connectivity index (χ4v) is 2.28. The molecule has 0 bridgehead atoms. The molecule has 2 nitrogen and oxygen atoms in total. The highest BCUT2D eigenvalue weighted by molar-refractivity contribution is 4.79. The lowest BCUT2D eigenvalue weighted by Crippen LogP contribution is -2.30. The van der Waals surface area contributed by atoms with Crippen LogP contribution in [0.25, 0.3) is 0 Å². The first kappa shape index (κ1) is 12.0. The van der Waals surface area contributed by atoms with E-state index in [0.717, 1.165) is 5.92 Å². The van der Waals surface area contributed by atoms with Gasteiger partial charge in [0.25, 0.3) is 0 Å². The number of hydrogen-bond acceptors (Lipinski definition) is 2. The highest BCUT2D eigenvalue weighted by Crippen LogP contribution is 2.22. The summed E-state index contributed by atoms with van der Waals surface area (Å²) in [5, 5.41) is 0. The van der Waals surface area contributed by atoms with Gasteiger partial charge in [-0.15, -0.1) is 0 Å². The van der Waals surface area contributed by atoms with Crippen molar-refractivity contribution in [3.8, 4) is 0 Å². The lowest BCUT2D eigenvalue weighted by molar-refractivity contribution is 0.308. The molecule has 2 heteroatoms. The van der Waals surface area contributed by atoms with E-state index in [0.29, 0.717) is 12.0 Å². The van der Waals surface area contributed by atoms with Crippen LogP contribution in [0, 0.1) is 11.8 Å². The zero-order chi connectivity index (χ0) is 10.6. The van der Waals surface area contributed by atoms with E-state index in [1.807, 2.05) is 0 Å². The van der Waals surface area contributed by atoms with E-state index in [1.165, 1.54) is 38.9 Å². The molecule has 14 heavy (non-hydrogen) atoms. The Morgan fingerprint density at radius 1 is 1.43 bits per heavy atom. The van der Waals surface area contributed by atoms with Gasteiger partial charge in [-0.1, -0.05) is 20.8 Å². The lowest BCUT2D eigenvalue weighted by atomic mass is 9.93. The van der Waals surface area contributed by atoms with Crippen molar-refractivity contribution in [3.63, 3.8) is 0 Å². The number of nitrogens with two attached hydrogens (primary N) is 1. The quantitative estimate of drug-likeness (QED) is 0.733. The average Bonchev–Trinajstić information content (AvgIpc) is 2.53. The van der Waals surface area contributed by atoms with Gasteiger partial charge < -0.3 is 10.6 Å². The van der Waals surface area contributed by atoms with Crippen LogP contribution in [0.3, 0.4) is 0 Å². The first-order valence-corrected chi connectivity index (χ1v) is 6.11. The van der Waals surface area contributed by atoms with Gasteiger partial charge in [0, 0.05) is 12.6 Å². The van der Waals surface area contributed by atoms with Gasteiger partial charge in [-0.25, -0.2) is 0 Å². The summed E-state index contributed by atoms with van der Waals surface area (Å²) in [5.74, 6) is 1.49. The molecule has 2 unspecified atom stereocenters. The second kappa shape index (κ2) is 5.72. The Morgan fingerprint density at radius 3 is 2.71 bits per heavy atom. The summed E-state index contributed by atoms with van der Waals surface area (Å²) in [4.78, 5) is 2.58. The van der Waals surface area contributed by atoms with Crippen LogP contribution in [-0.4, -0.2) is 30.6 Å². The van der Waals surface area contributed by atoms with Gasteiger partial charge in [0.1, 0.15) is 0 Å². The number of hydrogen-bond donors (Lipinski definition) is 1. The van der Waals surface area contributed by atoms with Crippen molar-refractivity contribution in [3.05, 3.63) is 0 Å². The molecule has 1 heterocycles. The molecule has 1 aliphatic heterocycles. The molecule has 1 saturated heterocycles. The smallest absolute Gasteiger partial charge is 0.00650 e. The van der Waals surface area contributed by atoms with E-state index < -0.39 is 0 Å². The van der Waals surface area contributed by atoms with Gasteiger partial charge in [0.05, 0.1) is 0 Å². The third kappa shape index (κ3) is 3.58. The molecule has 84 valence electrons. The van der Waals surface area contributed by atoms with Gasteiger partial charge in [0.15, 0.2) is 0 Å². The molecule has 1 aliphatic rings. The molecular formula is C12H26N2. The van der Waals surface area contributed by atoms with Gasteiger partial charge in [-0.3, -0.25) is 0 Å². The van der Waals surface area contributed by atoms with Crippen LogP contribution in [0.15, 0.2) is 0 Å². The Labute approximate surface area is 88.8 Å². The first-order valence-electron chi connectivity index (χ1n) is 6.11. The Balaban J connectivity index is 2.21. The summed E-state index contributed by atoms with van der Waals surface area (Å²) in [5.41, 5.74) is 6.10. The number of rotatable bonds is 5. The van der Waals surface area contributed by atoms with Crippen molar-refractivity contribution < 1.29 is 0 Å². The zero-order valence-electron chi connectivity index (χ0n) is 10.00. The normalized spacial score (nSPS) is 25.9. The van der Waals surface area contributed by atoms with Crippen LogP contribution in [0.4, 0.5) is 0 Å². The molecule has 0 radical (unpaired) electrons. The maximum atomic E-state index is 6.10. The molecule has 0 spiro atoms. The average molecular weight is 198 g/mol. The minimum absolute atomic E-state index is 0.404. The van der Waals surface area contributed by atoms with Crippen molar-refractivity contribution in [2.45, 2.75) is 46.1 Å². The second-order valence-corrected chi connectivity index (χ2v) is 5.10. The SMILES string of the molecule is CCCN1CCC(CC(N)C(C)C)C1. The minimum atomic E-state index is 0.404. The van der Waals surface area contributed by atoms with E-state index in [-0.39, 0.29) is 0 Å². The molecule has 0 amide bonds. The summed E-state index contributed by atoms with van der Waals surface area (Å²) < 4.78 is 0. The molecule has 2 N–H and O–H groups in total. The summed E-state index contributed by atoms with van der Waals surface area (Å²) in [7, 11) is 0. The Bertz CT molecular complexity index is 156. The van der Waals surface area contributed by atoms with Crippen molar-refractivity contribution in [1.82, 2.24) is 4.90 Å². The lowest BCUT2D eigenvalue weighted by Gasteiger charge is -2.20. The van der Waals surface area contributed by atoms with Crippen LogP contribution >= 0.6 is 0 Å². The molecule has 1 rings (SSSR count). The Hall–Kier alpha value is -0.0800. The van der Waals surface area contributed by atoms with E-state index in [4.69, 9.17) is 5.73 Å². The van der Waals surface area contributed by atoms with E-state index >= 15 is 0 Å². The molecule has 0 aromatic heterocycles. The van der Waals surface area contributed by atoms with Crippen molar-refractivity contribution in [2.75, 3.05) is 19.6 Å². The summed E-state index contributed by atoms with van der Waals surface area (Å²) >= 11 is 0. The van der Waals surface area contributed by atoms with E-state index in [9.17, 15) is 0 Å². The standard InChI is InChI=1S/C12H26N2/c1-4-6-14-7-5-11(9-14)8-12(13)10(2)3/h10-12H,4-9,13H2,1-3H3. The fraction of sp³-hybridized carbons (Fsp3) is 1.00. The van der Waals surface area contributed by atoms with Gasteiger partial charge in [-0.2, -0.15) is 0 Å². The summed E-state index contributed by atoms with van der Waals surface area (Å²) in [6.07, 6.45) is 3.86. The third-order valence-electron chi connectivity index (χ3n) is 3.37. The summed E-state index contributed by atoms with van der Waals surface area (Å²) in [6, 6.07) is 0.404. The van der Waals surface area contributed by atoms with Crippen LogP contribution in [-0.2, 0) is 0 Å². The molecular weight excluding hydrogens is 172 g/mol. The van der Waals surface area contributed by atoms with Crippen LogP contribution in [0.1, 0.15) is 40.0 Å². The Morgan fingerprint density at radius 2 is 2.14 bits per heavy atom. The minimum Gasteiger partial charge on any atom is -0.327 e. The number of likely N-dealkylation sites (tertiary alicyclic amines) is 1. The molecule has 0 aromatic rings. The monoisotopic (exact) mass is 198 g/mol. The largest absolute Gasteiger partial charge is 0.327 e. The molecule has 2 atom stereocenters. The van der Waals surface area contributed by atoms with Crippen LogP contribution in [0.2, 0.25) is 0 Å². The molecule has 0 aromatic carbocycles. The highest BCUT2D eigenvalue weighted by atomic mass is 15.1. The van der Waals surface area contributed by atoms with E-state index in [2.05, 4.69) is 25.7 Å². The molecule has 1 fully saturated rings. The van der Waals surface area contributed by atoms with Crippen LogP contribution < -0.4 is 5.73 Å². The van der Waals surface area contributed by atoms with Gasteiger partial charge >= 0.3 is 0 Å². The topological polar surface area (TPSA) is 29.3 Å². The van der Waals surface area contributed by atoms with Gasteiger partial charge in [0.2, 0.25) is 0 Å². The maximum absolute atomic E-state index is 6.10. The maximum Gasteiger partial charge on any atom is 0.00650 e. The van der Waals surface area contributed by atoms with Crippen LogP contribution in [0.5, 0.6) is 0 Å². The second-order valence-electron chi connectivity index (χ2n) is 5.10. The van der Waals surface area contributed by atoms with Crippen molar-refractivity contribution >= 4 is 0 Å². The van der Waals surface area contributed by atoms with Crippen molar-refractivity contribution in [1.29, 1.82) is 0 Å².